The minimum atomic E-state index is -0.605. The van der Waals surface area contributed by atoms with E-state index in [4.69, 9.17) is 0 Å². The van der Waals surface area contributed by atoms with E-state index in [2.05, 4.69) is 12.2 Å². The third-order valence-electron chi connectivity index (χ3n) is 3.80. The predicted molar refractivity (Wildman–Crippen MR) is 91.0 cm³/mol. The van der Waals surface area contributed by atoms with Gasteiger partial charge in [-0.25, -0.2) is 4.39 Å². The maximum Gasteiger partial charge on any atom is 0.254 e. The summed E-state index contributed by atoms with van der Waals surface area (Å²) in [7, 11) is 1.67. The second-order valence-corrected chi connectivity index (χ2v) is 5.58. The fourth-order valence-electron chi connectivity index (χ4n) is 2.27. The Labute approximate surface area is 141 Å². The lowest BCUT2D eigenvalue weighted by atomic mass is 10.1. The topological polar surface area (TPSA) is 49.4 Å². The molecule has 2 aromatic carbocycles. The summed E-state index contributed by atoms with van der Waals surface area (Å²) < 4.78 is 13.5. The van der Waals surface area contributed by atoms with Crippen molar-refractivity contribution in [3.05, 3.63) is 71.0 Å². The molecule has 4 nitrogen and oxygen atoms in total. The standard InChI is InChI=1S/C19H21FN2O2/c1-3-14-8-10-15(11-9-14)13-22(2)18(23)12-21-19(24)16-6-4-5-7-17(16)20/h4-11H,3,12-13H2,1-2H3,(H,21,24). The smallest absolute Gasteiger partial charge is 0.254 e. The quantitative estimate of drug-likeness (QED) is 0.886. The summed E-state index contributed by atoms with van der Waals surface area (Å²) in [4.78, 5) is 25.5. The molecule has 126 valence electrons. The number of hydrogen-bond acceptors (Lipinski definition) is 2. The summed E-state index contributed by atoms with van der Waals surface area (Å²) in [5, 5.41) is 2.45. The molecule has 0 spiro atoms. The number of hydrogen-bond donors (Lipinski definition) is 1. The molecule has 0 aliphatic carbocycles. The van der Waals surface area contributed by atoms with Crippen molar-refractivity contribution in [2.24, 2.45) is 0 Å². The molecule has 0 atom stereocenters. The highest BCUT2D eigenvalue weighted by molar-refractivity contribution is 5.96. The van der Waals surface area contributed by atoms with Crippen LogP contribution >= 0.6 is 0 Å². The minimum absolute atomic E-state index is 0.0666. The number of carbonyl (C=O) groups excluding carboxylic acids is 2. The molecular formula is C19H21FN2O2. The lowest BCUT2D eigenvalue weighted by molar-refractivity contribution is -0.129. The van der Waals surface area contributed by atoms with Crippen molar-refractivity contribution in [1.29, 1.82) is 0 Å². The number of benzene rings is 2. The molecule has 0 fully saturated rings. The van der Waals surface area contributed by atoms with Crippen LogP contribution in [0.4, 0.5) is 4.39 Å². The number of rotatable bonds is 6. The van der Waals surface area contributed by atoms with Crippen molar-refractivity contribution in [3.8, 4) is 0 Å². The lowest BCUT2D eigenvalue weighted by Crippen LogP contribution is -2.38. The largest absolute Gasteiger partial charge is 0.343 e. The summed E-state index contributed by atoms with van der Waals surface area (Å²) in [5.74, 6) is -1.44. The zero-order chi connectivity index (χ0) is 17.5. The zero-order valence-corrected chi connectivity index (χ0v) is 13.9. The highest BCUT2D eigenvalue weighted by Crippen LogP contribution is 2.08. The Morgan fingerprint density at radius 3 is 2.29 bits per heavy atom. The molecule has 2 aromatic rings. The maximum absolute atomic E-state index is 13.5. The van der Waals surface area contributed by atoms with E-state index in [9.17, 15) is 14.0 Å². The van der Waals surface area contributed by atoms with E-state index >= 15 is 0 Å². The molecule has 2 amide bonds. The van der Waals surface area contributed by atoms with Crippen LogP contribution in [-0.2, 0) is 17.8 Å². The average molecular weight is 328 g/mol. The van der Waals surface area contributed by atoms with Gasteiger partial charge >= 0.3 is 0 Å². The number of likely N-dealkylation sites (N-methyl/N-ethyl adjacent to an activating group) is 1. The maximum atomic E-state index is 13.5. The molecule has 1 N–H and O–H groups in total. The van der Waals surface area contributed by atoms with Gasteiger partial charge in [-0.2, -0.15) is 0 Å². The van der Waals surface area contributed by atoms with Crippen LogP contribution in [0, 0.1) is 5.82 Å². The van der Waals surface area contributed by atoms with E-state index < -0.39 is 11.7 Å². The van der Waals surface area contributed by atoms with E-state index in [1.54, 1.807) is 13.1 Å². The van der Waals surface area contributed by atoms with Gasteiger partial charge in [-0.3, -0.25) is 9.59 Å². The molecule has 0 unspecified atom stereocenters. The van der Waals surface area contributed by atoms with Crippen molar-refractivity contribution >= 4 is 11.8 Å². The Hall–Kier alpha value is -2.69. The Morgan fingerprint density at radius 1 is 1.04 bits per heavy atom. The number of halogens is 1. The van der Waals surface area contributed by atoms with E-state index in [0.29, 0.717) is 6.54 Å². The third kappa shape index (κ3) is 4.65. The van der Waals surface area contributed by atoms with Gasteiger partial charge in [-0.05, 0) is 29.7 Å². The number of amides is 2. The van der Waals surface area contributed by atoms with Crippen LogP contribution in [0.3, 0.4) is 0 Å². The van der Waals surface area contributed by atoms with Gasteiger partial charge in [0.2, 0.25) is 5.91 Å². The number of carbonyl (C=O) groups is 2. The van der Waals surface area contributed by atoms with Crippen LogP contribution < -0.4 is 5.32 Å². The second-order valence-electron chi connectivity index (χ2n) is 5.58. The number of aryl methyl sites for hydroxylation is 1. The van der Waals surface area contributed by atoms with Gasteiger partial charge < -0.3 is 10.2 Å². The molecule has 0 bridgehead atoms. The van der Waals surface area contributed by atoms with Gasteiger partial charge in [0.05, 0.1) is 12.1 Å². The highest BCUT2D eigenvalue weighted by Gasteiger charge is 2.14. The number of nitrogens with one attached hydrogen (secondary N) is 1. The first-order valence-corrected chi connectivity index (χ1v) is 7.85. The lowest BCUT2D eigenvalue weighted by Gasteiger charge is -2.18. The Bertz CT molecular complexity index is 714. The molecule has 2 rings (SSSR count). The van der Waals surface area contributed by atoms with Gasteiger partial charge in [-0.1, -0.05) is 43.3 Å². The molecule has 24 heavy (non-hydrogen) atoms. The highest BCUT2D eigenvalue weighted by atomic mass is 19.1. The first kappa shape index (κ1) is 17.7. The molecule has 0 aromatic heterocycles. The van der Waals surface area contributed by atoms with E-state index in [-0.39, 0.29) is 18.0 Å². The second kappa shape index (κ2) is 8.24. The molecular weight excluding hydrogens is 307 g/mol. The molecule has 0 saturated heterocycles. The van der Waals surface area contributed by atoms with Crippen LogP contribution in [0.5, 0.6) is 0 Å². The fourth-order valence-corrected chi connectivity index (χ4v) is 2.27. The number of nitrogens with zero attached hydrogens (tertiary/aromatic N) is 1. The molecule has 0 radical (unpaired) electrons. The minimum Gasteiger partial charge on any atom is -0.343 e. The van der Waals surface area contributed by atoms with Gasteiger partial charge in [0.25, 0.3) is 5.91 Å². The summed E-state index contributed by atoms with van der Waals surface area (Å²) in [6.07, 6.45) is 0.969. The van der Waals surface area contributed by atoms with Gasteiger partial charge in [-0.15, -0.1) is 0 Å². The Balaban J connectivity index is 1.87. The molecule has 0 saturated carbocycles. The summed E-state index contributed by atoms with van der Waals surface area (Å²) in [5.41, 5.74) is 2.19. The van der Waals surface area contributed by atoms with E-state index in [0.717, 1.165) is 12.0 Å². The molecule has 0 heterocycles. The van der Waals surface area contributed by atoms with Crippen molar-refractivity contribution < 1.29 is 14.0 Å². The first-order chi connectivity index (χ1) is 11.5. The Morgan fingerprint density at radius 2 is 1.67 bits per heavy atom. The molecule has 0 aliphatic heterocycles. The normalized spacial score (nSPS) is 10.3. The third-order valence-corrected chi connectivity index (χ3v) is 3.80. The molecule has 5 heteroatoms. The van der Waals surface area contributed by atoms with Crippen molar-refractivity contribution in [2.75, 3.05) is 13.6 Å². The average Bonchev–Trinajstić information content (AvgIpc) is 2.60. The van der Waals surface area contributed by atoms with E-state index in [1.165, 1.54) is 28.7 Å². The SMILES string of the molecule is CCc1ccc(CN(C)C(=O)CNC(=O)c2ccccc2F)cc1. The zero-order valence-electron chi connectivity index (χ0n) is 13.9. The summed E-state index contributed by atoms with van der Waals surface area (Å²) >= 11 is 0. The van der Waals surface area contributed by atoms with Gasteiger partial charge in [0, 0.05) is 13.6 Å². The van der Waals surface area contributed by atoms with Crippen LogP contribution in [0.25, 0.3) is 0 Å². The van der Waals surface area contributed by atoms with Crippen molar-refractivity contribution in [3.63, 3.8) is 0 Å². The summed E-state index contributed by atoms with van der Waals surface area (Å²) in [6, 6.07) is 13.7. The van der Waals surface area contributed by atoms with Crippen molar-refractivity contribution in [2.45, 2.75) is 19.9 Å². The summed E-state index contributed by atoms with van der Waals surface area (Å²) in [6.45, 7) is 2.37. The molecule has 0 aliphatic rings. The van der Waals surface area contributed by atoms with E-state index in [1.807, 2.05) is 24.3 Å². The van der Waals surface area contributed by atoms with Crippen LogP contribution in [0.1, 0.15) is 28.4 Å². The fraction of sp³-hybridized carbons (Fsp3) is 0.263. The predicted octanol–water partition coefficient (Wildman–Crippen LogP) is 2.78. The van der Waals surface area contributed by atoms with Crippen LogP contribution in [0.15, 0.2) is 48.5 Å². The first-order valence-electron chi connectivity index (χ1n) is 7.85. The van der Waals surface area contributed by atoms with Crippen molar-refractivity contribution in [1.82, 2.24) is 10.2 Å². The monoisotopic (exact) mass is 328 g/mol. The van der Waals surface area contributed by atoms with Crippen LogP contribution in [-0.4, -0.2) is 30.3 Å². The van der Waals surface area contributed by atoms with Gasteiger partial charge in [0.15, 0.2) is 0 Å². The Kier molecular flexibility index (Phi) is 6.07. The van der Waals surface area contributed by atoms with Crippen LogP contribution in [0.2, 0.25) is 0 Å². The van der Waals surface area contributed by atoms with Gasteiger partial charge in [0.1, 0.15) is 5.82 Å².